The van der Waals surface area contributed by atoms with E-state index in [4.69, 9.17) is 12.2 Å². The number of aromatic nitrogens is 2. The van der Waals surface area contributed by atoms with Gasteiger partial charge in [0.05, 0.1) is 11.0 Å². The SMILES string of the molecule is Cc1ccc2[nH]c(=S)n(CC(C)S(C)=O)c2c1. The van der Waals surface area contributed by atoms with Crippen molar-refractivity contribution >= 4 is 34.1 Å². The summed E-state index contributed by atoms with van der Waals surface area (Å²) in [4.78, 5) is 3.18. The van der Waals surface area contributed by atoms with Gasteiger partial charge in [0.2, 0.25) is 0 Å². The molecular weight excluding hydrogens is 252 g/mol. The predicted octanol–water partition coefficient (Wildman–Crippen LogP) is 2.77. The summed E-state index contributed by atoms with van der Waals surface area (Å²) in [6, 6.07) is 6.19. The molecule has 0 aliphatic rings. The topological polar surface area (TPSA) is 37.8 Å². The van der Waals surface area contributed by atoms with Crippen LogP contribution in [0.3, 0.4) is 0 Å². The Labute approximate surface area is 108 Å². The summed E-state index contributed by atoms with van der Waals surface area (Å²) in [5.41, 5.74) is 3.33. The van der Waals surface area contributed by atoms with Gasteiger partial charge in [-0.3, -0.25) is 4.21 Å². The lowest BCUT2D eigenvalue weighted by Crippen LogP contribution is -2.17. The van der Waals surface area contributed by atoms with Gasteiger partial charge in [0.1, 0.15) is 0 Å². The molecule has 0 radical (unpaired) electrons. The molecule has 1 N–H and O–H groups in total. The summed E-state index contributed by atoms with van der Waals surface area (Å²) >= 11 is 5.31. The van der Waals surface area contributed by atoms with Crippen molar-refractivity contribution in [1.29, 1.82) is 0 Å². The van der Waals surface area contributed by atoms with Gasteiger partial charge < -0.3 is 9.55 Å². The molecule has 0 spiro atoms. The van der Waals surface area contributed by atoms with Gasteiger partial charge in [0.25, 0.3) is 0 Å². The molecule has 0 saturated heterocycles. The third-order valence-electron chi connectivity index (χ3n) is 2.94. The second-order valence-electron chi connectivity index (χ2n) is 4.37. The lowest BCUT2D eigenvalue weighted by atomic mass is 10.2. The molecule has 5 heteroatoms. The van der Waals surface area contributed by atoms with E-state index < -0.39 is 10.8 Å². The maximum Gasteiger partial charge on any atom is 0.178 e. The van der Waals surface area contributed by atoms with Crippen LogP contribution in [0.2, 0.25) is 0 Å². The maximum absolute atomic E-state index is 11.4. The molecule has 17 heavy (non-hydrogen) atoms. The van der Waals surface area contributed by atoms with Crippen molar-refractivity contribution in [2.75, 3.05) is 6.26 Å². The molecule has 92 valence electrons. The van der Waals surface area contributed by atoms with Gasteiger partial charge in [-0.25, -0.2) is 0 Å². The number of nitrogens with zero attached hydrogens (tertiary/aromatic N) is 1. The molecule has 0 aliphatic heterocycles. The third kappa shape index (κ3) is 2.50. The van der Waals surface area contributed by atoms with E-state index in [0.29, 0.717) is 11.3 Å². The standard InChI is InChI=1S/C12H16N2OS2/c1-8-4-5-10-11(6-8)14(12(16)13-10)7-9(2)17(3)15/h4-6,9H,7H2,1-3H3,(H,13,16). The molecule has 2 rings (SSSR count). The number of hydrogen-bond donors (Lipinski definition) is 1. The second-order valence-corrected chi connectivity index (χ2v) is 6.56. The number of benzene rings is 1. The normalized spacial score (nSPS) is 15.0. The van der Waals surface area contributed by atoms with E-state index in [1.54, 1.807) is 6.26 Å². The van der Waals surface area contributed by atoms with E-state index in [2.05, 4.69) is 24.0 Å². The minimum Gasteiger partial charge on any atom is -0.331 e. The number of H-pyrrole nitrogens is 1. The van der Waals surface area contributed by atoms with Crippen molar-refractivity contribution in [1.82, 2.24) is 9.55 Å². The van der Waals surface area contributed by atoms with Gasteiger partial charge in [-0.05, 0) is 43.8 Å². The third-order valence-corrected chi connectivity index (χ3v) is 4.54. The molecule has 3 nitrogen and oxygen atoms in total. The van der Waals surface area contributed by atoms with Crippen LogP contribution < -0.4 is 0 Å². The molecule has 1 aromatic heterocycles. The quantitative estimate of drug-likeness (QED) is 0.869. The maximum atomic E-state index is 11.4. The average molecular weight is 268 g/mol. The molecule has 0 bridgehead atoms. The fraction of sp³-hybridized carbons (Fsp3) is 0.417. The Hall–Kier alpha value is -0.940. The summed E-state index contributed by atoms with van der Waals surface area (Å²) in [7, 11) is -0.832. The van der Waals surface area contributed by atoms with Gasteiger partial charge in [-0.2, -0.15) is 0 Å². The van der Waals surface area contributed by atoms with Crippen LogP contribution in [0.25, 0.3) is 11.0 Å². The number of imidazole rings is 1. The number of rotatable bonds is 3. The van der Waals surface area contributed by atoms with E-state index in [1.807, 2.05) is 17.6 Å². The highest BCUT2D eigenvalue weighted by atomic mass is 32.2. The molecule has 2 atom stereocenters. The summed E-state index contributed by atoms with van der Waals surface area (Å²) in [5, 5.41) is 0.0983. The van der Waals surface area contributed by atoms with Gasteiger partial charge in [-0.1, -0.05) is 6.07 Å². The second kappa shape index (κ2) is 4.74. The zero-order valence-corrected chi connectivity index (χ0v) is 11.8. The molecular formula is C12H16N2OS2. The monoisotopic (exact) mass is 268 g/mol. The highest BCUT2D eigenvalue weighted by molar-refractivity contribution is 7.84. The first-order valence-electron chi connectivity index (χ1n) is 5.50. The predicted molar refractivity (Wildman–Crippen MR) is 75.4 cm³/mol. The molecule has 1 heterocycles. The molecule has 0 fully saturated rings. The van der Waals surface area contributed by atoms with Gasteiger partial charge in [0.15, 0.2) is 4.77 Å². The Morgan fingerprint density at radius 3 is 2.88 bits per heavy atom. The van der Waals surface area contributed by atoms with Crippen molar-refractivity contribution in [2.24, 2.45) is 0 Å². The van der Waals surface area contributed by atoms with E-state index in [9.17, 15) is 4.21 Å². The van der Waals surface area contributed by atoms with Crippen molar-refractivity contribution in [3.05, 3.63) is 28.5 Å². The number of nitrogens with one attached hydrogen (secondary N) is 1. The Balaban J connectivity index is 2.52. The minimum absolute atomic E-state index is 0.0983. The summed E-state index contributed by atoms with van der Waals surface area (Å²) in [6.45, 7) is 4.72. The summed E-state index contributed by atoms with van der Waals surface area (Å²) in [6.07, 6.45) is 1.73. The molecule has 2 aromatic rings. The fourth-order valence-electron chi connectivity index (χ4n) is 1.81. The first kappa shape index (κ1) is 12.5. The Kier molecular flexibility index (Phi) is 3.49. The average Bonchev–Trinajstić information content (AvgIpc) is 2.55. The fourth-order valence-corrected chi connectivity index (χ4v) is 2.45. The van der Waals surface area contributed by atoms with Crippen LogP contribution in [0.4, 0.5) is 0 Å². The Bertz CT molecular complexity index is 627. The molecule has 2 unspecified atom stereocenters. The van der Waals surface area contributed by atoms with Gasteiger partial charge in [-0.15, -0.1) is 0 Å². The number of fused-ring (bicyclic) bond motifs is 1. The Morgan fingerprint density at radius 2 is 2.24 bits per heavy atom. The Morgan fingerprint density at radius 1 is 1.53 bits per heavy atom. The van der Waals surface area contributed by atoms with E-state index in [0.717, 1.165) is 11.0 Å². The summed E-state index contributed by atoms with van der Waals surface area (Å²) < 4.78 is 14.2. The molecule has 0 saturated carbocycles. The van der Waals surface area contributed by atoms with Gasteiger partial charge in [0, 0.05) is 28.9 Å². The number of aromatic amines is 1. The van der Waals surface area contributed by atoms with Crippen LogP contribution in [0.15, 0.2) is 18.2 Å². The lowest BCUT2D eigenvalue weighted by Gasteiger charge is -2.10. The van der Waals surface area contributed by atoms with Crippen molar-refractivity contribution in [3.63, 3.8) is 0 Å². The van der Waals surface area contributed by atoms with E-state index >= 15 is 0 Å². The van der Waals surface area contributed by atoms with Crippen molar-refractivity contribution in [2.45, 2.75) is 25.6 Å². The molecule has 1 aromatic carbocycles. The lowest BCUT2D eigenvalue weighted by molar-refractivity contribution is 0.647. The minimum atomic E-state index is -0.832. The number of hydrogen-bond acceptors (Lipinski definition) is 2. The highest BCUT2D eigenvalue weighted by Gasteiger charge is 2.11. The molecule has 0 aliphatic carbocycles. The van der Waals surface area contributed by atoms with E-state index in [-0.39, 0.29) is 5.25 Å². The largest absolute Gasteiger partial charge is 0.331 e. The zero-order chi connectivity index (χ0) is 12.6. The smallest absolute Gasteiger partial charge is 0.178 e. The van der Waals surface area contributed by atoms with Crippen LogP contribution in [-0.4, -0.2) is 25.3 Å². The first-order chi connectivity index (χ1) is 7.99. The van der Waals surface area contributed by atoms with E-state index in [1.165, 1.54) is 5.56 Å². The zero-order valence-electron chi connectivity index (χ0n) is 10.2. The summed E-state index contributed by atoms with van der Waals surface area (Å²) in [5.74, 6) is 0. The van der Waals surface area contributed by atoms with Crippen molar-refractivity contribution in [3.8, 4) is 0 Å². The van der Waals surface area contributed by atoms with Gasteiger partial charge >= 0.3 is 0 Å². The van der Waals surface area contributed by atoms with Crippen LogP contribution in [0.1, 0.15) is 12.5 Å². The van der Waals surface area contributed by atoms with Crippen LogP contribution in [-0.2, 0) is 17.3 Å². The molecule has 0 amide bonds. The van der Waals surface area contributed by atoms with Crippen LogP contribution >= 0.6 is 12.2 Å². The highest BCUT2D eigenvalue weighted by Crippen LogP contribution is 2.17. The van der Waals surface area contributed by atoms with Crippen LogP contribution in [0, 0.1) is 11.7 Å². The van der Waals surface area contributed by atoms with Crippen molar-refractivity contribution < 1.29 is 4.21 Å². The first-order valence-corrected chi connectivity index (χ1v) is 7.53. The van der Waals surface area contributed by atoms with Crippen LogP contribution in [0.5, 0.6) is 0 Å². The number of aryl methyl sites for hydroxylation is 1.